The van der Waals surface area contributed by atoms with Crippen molar-refractivity contribution in [3.63, 3.8) is 0 Å². The van der Waals surface area contributed by atoms with E-state index in [0.717, 1.165) is 38.0 Å². The SMILES string of the molecule is Cl.Cl.NC1CCN(Cc2ccc([N+](=O)[O-])cc2)CC1. The van der Waals surface area contributed by atoms with Crippen LogP contribution in [0.5, 0.6) is 0 Å². The molecule has 1 aliphatic rings. The first-order valence-electron chi connectivity index (χ1n) is 5.86. The maximum absolute atomic E-state index is 10.5. The maximum Gasteiger partial charge on any atom is 0.269 e. The fourth-order valence-corrected chi connectivity index (χ4v) is 2.09. The van der Waals surface area contributed by atoms with Crippen LogP contribution in [0.4, 0.5) is 5.69 Å². The number of non-ortho nitro benzene ring substituents is 1. The number of nitro benzene ring substituents is 1. The molecule has 0 saturated carbocycles. The molecule has 5 nitrogen and oxygen atoms in total. The lowest BCUT2D eigenvalue weighted by Gasteiger charge is -2.29. The van der Waals surface area contributed by atoms with Crippen molar-refractivity contribution in [2.75, 3.05) is 13.1 Å². The minimum atomic E-state index is -0.371. The van der Waals surface area contributed by atoms with Crippen molar-refractivity contribution in [1.82, 2.24) is 4.90 Å². The number of hydrogen-bond acceptors (Lipinski definition) is 4. The van der Waals surface area contributed by atoms with Gasteiger partial charge in [0.2, 0.25) is 0 Å². The summed E-state index contributed by atoms with van der Waals surface area (Å²) in [5, 5.41) is 10.5. The van der Waals surface area contributed by atoms with Crippen LogP contribution in [0.3, 0.4) is 0 Å². The van der Waals surface area contributed by atoms with Crippen molar-refractivity contribution >= 4 is 30.5 Å². The molecular weight excluding hydrogens is 289 g/mol. The molecule has 1 fully saturated rings. The van der Waals surface area contributed by atoms with E-state index in [1.54, 1.807) is 12.1 Å². The summed E-state index contributed by atoms with van der Waals surface area (Å²) in [6, 6.07) is 7.11. The first kappa shape index (κ1) is 18.1. The third-order valence-corrected chi connectivity index (χ3v) is 3.19. The van der Waals surface area contributed by atoms with Crippen LogP contribution in [-0.4, -0.2) is 29.0 Å². The Labute approximate surface area is 125 Å². The third-order valence-electron chi connectivity index (χ3n) is 3.19. The summed E-state index contributed by atoms with van der Waals surface area (Å²) in [4.78, 5) is 12.5. The quantitative estimate of drug-likeness (QED) is 0.687. The predicted octanol–water partition coefficient (Wildman–Crippen LogP) is 2.36. The average molecular weight is 308 g/mol. The van der Waals surface area contributed by atoms with E-state index in [1.165, 1.54) is 0 Å². The van der Waals surface area contributed by atoms with E-state index in [2.05, 4.69) is 4.90 Å². The Morgan fingerprint density at radius 3 is 2.21 bits per heavy atom. The van der Waals surface area contributed by atoms with E-state index < -0.39 is 0 Å². The van der Waals surface area contributed by atoms with Gasteiger partial charge in [-0.25, -0.2) is 0 Å². The normalized spacial score (nSPS) is 16.3. The Balaban J connectivity index is 0.00000162. The van der Waals surface area contributed by atoms with Crippen LogP contribution >= 0.6 is 24.8 Å². The van der Waals surface area contributed by atoms with Crippen molar-refractivity contribution in [3.05, 3.63) is 39.9 Å². The van der Waals surface area contributed by atoms with Crippen LogP contribution in [0.25, 0.3) is 0 Å². The second-order valence-corrected chi connectivity index (χ2v) is 4.54. The van der Waals surface area contributed by atoms with Crippen LogP contribution in [-0.2, 0) is 6.54 Å². The fraction of sp³-hybridized carbons (Fsp3) is 0.500. The zero-order valence-electron chi connectivity index (χ0n) is 10.5. The van der Waals surface area contributed by atoms with Crippen molar-refractivity contribution in [3.8, 4) is 0 Å². The molecule has 108 valence electrons. The van der Waals surface area contributed by atoms with E-state index in [0.29, 0.717) is 6.04 Å². The Morgan fingerprint density at radius 1 is 1.21 bits per heavy atom. The van der Waals surface area contributed by atoms with Crippen molar-refractivity contribution in [2.24, 2.45) is 5.73 Å². The van der Waals surface area contributed by atoms with Crippen molar-refractivity contribution in [1.29, 1.82) is 0 Å². The third kappa shape index (κ3) is 5.32. The highest BCUT2D eigenvalue weighted by atomic mass is 35.5. The predicted molar refractivity (Wildman–Crippen MR) is 80.1 cm³/mol. The molecule has 0 aliphatic carbocycles. The topological polar surface area (TPSA) is 72.4 Å². The van der Waals surface area contributed by atoms with Gasteiger partial charge in [0, 0.05) is 24.7 Å². The van der Waals surface area contributed by atoms with Gasteiger partial charge in [0.1, 0.15) is 0 Å². The van der Waals surface area contributed by atoms with Gasteiger partial charge in [-0.05, 0) is 31.5 Å². The summed E-state index contributed by atoms with van der Waals surface area (Å²) in [6.45, 7) is 2.88. The van der Waals surface area contributed by atoms with Gasteiger partial charge in [-0.2, -0.15) is 0 Å². The number of likely N-dealkylation sites (tertiary alicyclic amines) is 1. The Hall–Kier alpha value is -0.880. The maximum atomic E-state index is 10.5. The number of nitrogens with zero attached hydrogens (tertiary/aromatic N) is 2. The minimum Gasteiger partial charge on any atom is -0.328 e. The number of hydrogen-bond donors (Lipinski definition) is 1. The van der Waals surface area contributed by atoms with Gasteiger partial charge in [-0.1, -0.05) is 12.1 Å². The molecule has 0 spiro atoms. The standard InChI is InChI=1S/C12H17N3O2.2ClH/c13-11-5-7-14(8-6-11)9-10-1-3-12(4-2-10)15(16)17;;/h1-4,11H,5-9,13H2;2*1H. The number of nitro groups is 1. The fourth-order valence-electron chi connectivity index (χ4n) is 2.09. The summed E-state index contributed by atoms with van der Waals surface area (Å²) >= 11 is 0. The molecule has 0 atom stereocenters. The van der Waals surface area contributed by atoms with Gasteiger partial charge in [0.05, 0.1) is 4.92 Å². The van der Waals surface area contributed by atoms with Gasteiger partial charge in [0.25, 0.3) is 5.69 Å². The van der Waals surface area contributed by atoms with Crippen LogP contribution in [0.1, 0.15) is 18.4 Å². The first-order valence-corrected chi connectivity index (χ1v) is 5.86. The summed E-state index contributed by atoms with van der Waals surface area (Å²) in [5.41, 5.74) is 7.11. The Bertz CT molecular complexity index is 392. The van der Waals surface area contributed by atoms with E-state index in [4.69, 9.17) is 5.73 Å². The Kier molecular flexibility index (Phi) is 7.94. The summed E-state index contributed by atoms with van der Waals surface area (Å²) in [7, 11) is 0. The molecule has 1 aromatic carbocycles. The highest BCUT2D eigenvalue weighted by Gasteiger charge is 2.16. The molecule has 1 aliphatic heterocycles. The van der Waals surface area contributed by atoms with Gasteiger partial charge in [0.15, 0.2) is 0 Å². The number of benzene rings is 1. The zero-order valence-corrected chi connectivity index (χ0v) is 12.2. The highest BCUT2D eigenvalue weighted by Crippen LogP contribution is 2.16. The number of halogens is 2. The van der Waals surface area contributed by atoms with Crippen LogP contribution in [0.2, 0.25) is 0 Å². The number of nitrogens with two attached hydrogens (primary N) is 1. The molecule has 0 aromatic heterocycles. The minimum absolute atomic E-state index is 0. The molecule has 0 bridgehead atoms. The molecular formula is C12H19Cl2N3O2. The number of rotatable bonds is 3. The lowest BCUT2D eigenvalue weighted by molar-refractivity contribution is -0.384. The molecule has 19 heavy (non-hydrogen) atoms. The summed E-state index contributed by atoms with van der Waals surface area (Å²) in [5.74, 6) is 0. The molecule has 0 unspecified atom stereocenters. The number of piperidine rings is 1. The van der Waals surface area contributed by atoms with Crippen LogP contribution in [0.15, 0.2) is 24.3 Å². The monoisotopic (exact) mass is 307 g/mol. The van der Waals surface area contributed by atoms with E-state index >= 15 is 0 Å². The zero-order chi connectivity index (χ0) is 12.3. The molecule has 0 radical (unpaired) electrons. The van der Waals surface area contributed by atoms with Gasteiger partial charge in [-0.3, -0.25) is 15.0 Å². The van der Waals surface area contributed by atoms with Crippen molar-refractivity contribution in [2.45, 2.75) is 25.4 Å². The smallest absolute Gasteiger partial charge is 0.269 e. The Morgan fingerprint density at radius 2 is 1.74 bits per heavy atom. The molecule has 1 aromatic rings. The second kappa shape index (κ2) is 8.32. The molecule has 1 saturated heterocycles. The largest absolute Gasteiger partial charge is 0.328 e. The lowest BCUT2D eigenvalue weighted by atomic mass is 10.1. The molecule has 0 amide bonds. The van der Waals surface area contributed by atoms with E-state index in [1.807, 2.05) is 12.1 Å². The van der Waals surface area contributed by atoms with Gasteiger partial charge < -0.3 is 5.73 Å². The van der Waals surface area contributed by atoms with Crippen molar-refractivity contribution < 1.29 is 4.92 Å². The second-order valence-electron chi connectivity index (χ2n) is 4.54. The molecule has 1 heterocycles. The van der Waals surface area contributed by atoms with Gasteiger partial charge in [-0.15, -0.1) is 24.8 Å². The molecule has 2 rings (SSSR count). The molecule has 2 N–H and O–H groups in total. The lowest BCUT2D eigenvalue weighted by Crippen LogP contribution is -2.39. The summed E-state index contributed by atoms with van der Waals surface area (Å²) in [6.07, 6.45) is 2.07. The highest BCUT2D eigenvalue weighted by molar-refractivity contribution is 5.85. The van der Waals surface area contributed by atoms with Crippen LogP contribution < -0.4 is 5.73 Å². The van der Waals surface area contributed by atoms with E-state index in [-0.39, 0.29) is 35.4 Å². The van der Waals surface area contributed by atoms with Gasteiger partial charge >= 0.3 is 0 Å². The summed E-state index contributed by atoms with van der Waals surface area (Å²) < 4.78 is 0. The average Bonchev–Trinajstić information content (AvgIpc) is 2.33. The first-order chi connectivity index (χ1) is 8.15. The van der Waals surface area contributed by atoms with Crippen LogP contribution in [0, 0.1) is 10.1 Å². The van der Waals surface area contributed by atoms with E-state index in [9.17, 15) is 10.1 Å². The molecule has 7 heteroatoms.